The molecule has 41 heavy (non-hydrogen) atoms. The van der Waals surface area contributed by atoms with Gasteiger partial charge in [0, 0.05) is 17.7 Å². The van der Waals surface area contributed by atoms with Gasteiger partial charge in [-0.05, 0) is 85.3 Å². The molecule has 1 N–H and O–H groups in total. The van der Waals surface area contributed by atoms with E-state index in [0.717, 1.165) is 28.2 Å². The van der Waals surface area contributed by atoms with Crippen molar-refractivity contribution in [1.29, 1.82) is 0 Å². The van der Waals surface area contributed by atoms with E-state index in [0.29, 0.717) is 30.2 Å². The minimum Gasteiger partial charge on any atom is -0.497 e. The molecule has 0 fully saturated rings. The van der Waals surface area contributed by atoms with E-state index >= 15 is 0 Å². The molecule has 0 bridgehead atoms. The van der Waals surface area contributed by atoms with Crippen molar-refractivity contribution in [3.05, 3.63) is 108 Å². The van der Waals surface area contributed by atoms with E-state index in [4.69, 9.17) is 14.2 Å². The van der Waals surface area contributed by atoms with Crippen LogP contribution in [0.2, 0.25) is 0 Å². The smallest absolute Gasteiger partial charge is 0.336 e. The van der Waals surface area contributed by atoms with Gasteiger partial charge < -0.3 is 14.2 Å². The number of anilines is 1. The van der Waals surface area contributed by atoms with Crippen molar-refractivity contribution in [3.63, 3.8) is 0 Å². The number of methoxy groups -OCH3 is 2. The van der Waals surface area contributed by atoms with Gasteiger partial charge in [0.15, 0.2) is 5.82 Å². The van der Waals surface area contributed by atoms with E-state index in [2.05, 4.69) is 14.8 Å². The van der Waals surface area contributed by atoms with E-state index in [9.17, 15) is 8.42 Å². The van der Waals surface area contributed by atoms with Crippen LogP contribution in [-0.4, -0.2) is 44.0 Å². The molecule has 5 rings (SSSR count). The average Bonchev–Trinajstić information content (AvgIpc) is 3.42. The van der Waals surface area contributed by atoms with Gasteiger partial charge in [-0.25, -0.2) is 13.1 Å². The Morgan fingerprint density at radius 3 is 2.00 bits per heavy atom. The van der Waals surface area contributed by atoms with Crippen molar-refractivity contribution in [2.75, 3.05) is 25.5 Å². The van der Waals surface area contributed by atoms with Crippen LogP contribution in [0.3, 0.4) is 0 Å². The molecule has 0 aliphatic heterocycles. The molecule has 0 atom stereocenters. The summed E-state index contributed by atoms with van der Waals surface area (Å²) < 4.78 is 46.4. The summed E-state index contributed by atoms with van der Waals surface area (Å²) in [6.07, 6.45) is 0.673. The molecular weight excluding hydrogens is 540 g/mol. The lowest BCUT2D eigenvalue weighted by Gasteiger charge is -2.10. The van der Waals surface area contributed by atoms with Crippen LogP contribution in [0.4, 0.5) is 5.69 Å². The third kappa shape index (κ3) is 6.67. The van der Waals surface area contributed by atoms with Crippen LogP contribution in [0.1, 0.15) is 11.1 Å². The second kappa shape index (κ2) is 12.1. The molecule has 0 spiro atoms. The van der Waals surface area contributed by atoms with E-state index in [1.165, 1.54) is 0 Å². The number of aromatic nitrogens is 3. The first-order valence-corrected chi connectivity index (χ1v) is 14.4. The number of aryl methyl sites for hydroxylation is 1. The lowest BCUT2D eigenvalue weighted by molar-refractivity contribution is 0.296. The molecule has 10 heteroatoms. The van der Waals surface area contributed by atoms with Crippen LogP contribution in [0.5, 0.6) is 17.5 Å². The van der Waals surface area contributed by atoms with Crippen LogP contribution in [-0.2, 0) is 16.4 Å². The molecule has 4 aromatic carbocycles. The zero-order valence-electron chi connectivity index (χ0n) is 22.9. The largest absolute Gasteiger partial charge is 0.497 e. The molecule has 210 valence electrons. The van der Waals surface area contributed by atoms with Crippen molar-refractivity contribution in [3.8, 4) is 34.6 Å². The lowest BCUT2D eigenvalue weighted by Crippen LogP contribution is -2.13. The zero-order valence-corrected chi connectivity index (χ0v) is 23.8. The first-order chi connectivity index (χ1) is 19.8. The topological polar surface area (TPSA) is 105 Å². The first-order valence-electron chi connectivity index (χ1n) is 12.9. The zero-order chi connectivity index (χ0) is 28.8. The summed E-state index contributed by atoms with van der Waals surface area (Å²) >= 11 is 0. The molecule has 1 heterocycles. The second-order valence-corrected chi connectivity index (χ2v) is 11.0. The molecular formula is C31H30N4O5S. The summed E-state index contributed by atoms with van der Waals surface area (Å²) in [6.45, 7) is 2.29. The molecule has 5 aromatic rings. The van der Waals surface area contributed by atoms with E-state index in [1.54, 1.807) is 67.4 Å². The highest BCUT2D eigenvalue weighted by Crippen LogP contribution is 2.27. The van der Waals surface area contributed by atoms with Gasteiger partial charge in [0.25, 0.3) is 10.0 Å². The Morgan fingerprint density at radius 1 is 0.780 bits per heavy atom. The fourth-order valence-electron chi connectivity index (χ4n) is 4.12. The molecule has 0 aliphatic rings. The van der Waals surface area contributed by atoms with Gasteiger partial charge in [0.2, 0.25) is 0 Å². The number of sulfonamides is 1. The number of nitrogens with one attached hydrogen (secondary N) is 1. The fourth-order valence-corrected chi connectivity index (χ4v) is 5.17. The van der Waals surface area contributed by atoms with Crippen LogP contribution in [0.15, 0.2) is 102 Å². The first kappa shape index (κ1) is 27.7. The predicted octanol–water partition coefficient (Wildman–Crippen LogP) is 5.68. The van der Waals surface area contributed by atoms with Gasteiger partial charge in [0.1, 0.15) is 11.5 Å². The SMILES string of the molecule is COc1ccc(CCOc2nc(-c3ccc(OC)cc3)n(-c3ccc(NS(=O)(=O)c4ccc(C)cc4)cc3)n2)cc1. The highest BCUT2D eigenvalue weighted by Gasteiger charge is 2.17. The number of rotatable bonds is 11. The molecule has 0 saturated carbocycles. The minimum atomic E-state index is -3.72. The quantitative estimate of drug-likeness (QED) is 0.218. The van der Waals surface area contributed by atoms with Gasteiger partial charge >= 0.3 is 6.01 Å². The minimum absolute atomic E-state index is 0.196. The summed E-state index contributed by atoms with van der Waals surface area (Å²) in [5, 5.41) is 4.61. The predicted molar refractivity (Wildman–Crippen MR) is 158 cm³/mol. The monoisotopic (exact) mass is 570 g/mol. The van der Waals surface area contributed by atoms with Crippen molar-refractivity contribution in [2.45, 2.75) is 18.2 Å². The summed E-state index contributed by atoms with van der Waals surface area (Å²) in [4.78, 5) is 4.85. The maximum atomic E-state index is 12.8. The number of ether oxygens (including phenoxy) is 3. The summed E-state index contributed by atoms with van der Waals surface area (Å²) in [5.41, 5.74) is 4.01. The Hall–Kier alpha value is -4.83. The Morgan fingerprint density at radius 2 is 1.39 bits per heavy atom. The van der Waals surface area contributed by atoms with Crippen molar-refractivity contribution in [1.82, 2.24) is 14.8 Å². The molecule has 9 nitrogen and oxygen atoms in total. The van der Waals surface area contributed by atoms with E-state index in [1.807, 2.05) is 55.5 Å². The highest BCUT2D eigenvalue weighted by atomic mass is 32.2. The Kier molecular flexibility index (Phi) is 8.21. The molecule has 0 saturated heterocycles. The maximum Gasteiger partial charge on any atom is 0.336 e. The Labute approximate surface area is 239 Å². The molecule has 1 aromatic heterocycles. The lowest BCUT2D eigenvalue weighted by atomic mass is 10.1. The van der Waals surface area contributed by atoms with Crippen molar-refractivity contribution >= 4 is 15.7 Å². The number of hydrogen-bond donors (Lipinski definition) is 1. The molecule has 0 aliphatic carbocycles. The number of benzene rings is 4. The van der Waals surface area contributed by atoms with E-state index < -0.39 is 10.0 Å². The van der Waals surface area contributed by atoms with Gasteiger partial charge in [-0.15, -0.1) is 5.10 Å². The normalized spacial score (nSPS) is 11.2. The van der Waals surface area contributed by atoms with Crippen LogP contribution in [0, 0.1) is 6.92 Å². The summed E-state index contributed by atoms with van der Waals surface area (Å²) in [5.74, 6) is 2.09. The third-order valence-corrected chi connectivity index (χ3v) is 7.81. The van der Waals surface area contributed by atoms with Gasteiger partial charge in [-0.3, -0.25) is 4.72 Å². The van der Waals surface area contributed by atoms with Gasteiger partial charge in [0.05, 0.1) is 31.4 Å². The summed E-state index contributed by atoms with van der Waals surface area (Å²) in [7, 11) is -0.473. The van der Waals surface area contributed by atoms with Crippen LogP contribution >= 0.6 is 0 Å². The van der Waals surface area contributed by atoms with Crippen LogP contribution < -0.4 is 18.9 Å². The van der Waals surface area contributed by atoms with Gasteiger partial charge in [-0.2, -0.15) is 4.98 Å². The third-order valence-electron chi connectivity index (χ3n) is 6.41. The van der Waals surface area contributed by atoms with Crippen LogP contribution in [0.25, 0.3) is 17.1 Å². The second-order valence-electron chi connectivity index (χ2n) is 9.27. The highest BCUT2D eigenvalue weighted by molar-refractivity contribution is 7.92. The molecule has 0 amide bonds. The maximum absolute atomic E-state index is 12.8. The molecule has 0 radical (unpaired) electrons. The average molecular weight is 571 g/mol. The van der Waals surface area contributed by atoms with E-state index in [-0.39, 0.29) is 10.9 Å². The Balaban J connectivity index is 1.37. The fraction of sp³-hybridized carbons (Fsp3) is 0.161. The number of nitrogens with zero attached hydrogens (tertiary/aromatic N) is 3. The molecule has 0 unspecified atom stereocenters. The van der Waals surface area contributed by atoms with Crippen molar-refractivity contribution in [2.24, 2.45) is 0 Å². The van der Waals surface area contributed by atoms with Gasteiger partial charge in [-0.1, -0.05) is 29.8 Å². The number of hydrogen-bond acceptors (Lipinski definition) is 7. The standard InChI is InChI=1S/C31H30N4O5S/c1-22-4-18-29(19-5-22)41(36,37)34-25-10-12-26(13-11-25)35-30(24-8-16-28(39-3)17-9-24)32-31(33-35)40-21-20-23-6-14-27(38-2)15-7-23/h4-19,34H,20-21H2,1-3H3. The summed E-state index contributed by atoms with van der Waals surface area (Å²) in [6, 6.07) is 29.1. The Bertz CT molecular complexity index is 1700. The van der Waals surface area contributed by atoms with Crippen molar-refractivity contribution < 1.29 is 22.6 Å².